The summed E-state index contributed by atoms with van der Waals surface area (Å²) in [5.74, 6) is 0.951. The number of nitrogens with one attached hydrogen (secondary N) is 1. The number of ether oxygens (including phenoxy) is 4. The van der Waals surface area contributed by atoms with Crippen LogP contribution in [0.25, 0.3) is 0 Å². The molecule has 0 fully saturated rings. The number of carbonyl (C=O) groups is 1. The lowest BCUT2D eigenvalue weighted by Gasteiger charge is -2.14. The molecule has 1 atom stereocenters. The number of hydrogen-bond donors (Lipinski definition) is 1. The summed E-state index contributed by atoms with van der Waals surface area (Å²) >= 11 is 0. The lowest BCUT2D eigenvalue weighted by molar-refractivity contribution is -0.121. The van der Waals surface area contributed by atoms with Gasteiger partial charge in [-0.2, -0.15) is 10.4 Å². The van der Waals surface area contributed by atoms with E-state index in [2.05, 4.69) is 10.5 Å². The molecule has 0 aliphatic rings. The minimum Gasteiger partial charge on any atom is -0.493 e. The number of methoxy groups -OCH3 is 1. The van der Waals surface area contributed by atoms with Crippen molar-refractivity contribution < 1.29 is 23.7 Å². The number of nitriles is 1. The Bertz CT molecular complexity index is 1170. The Morgan fingerprint density at radius 2 is 1.60 bits per heavy atom. The number of nitrogens with zero attached hydrogens (tertiary/aromatic N) is 2. The maximum absolute atomic E-state index is 12.4. The molecule has 0 unspecified atom stereocenters. The van der Waals surface area contributed by atoms with E-state index >= 15 is 0 Å². The molecule has 8 heteroatoms. The molecule has 1 N–H and O–H groups in total. The van der Waals surface area contributed by atoms with Crippen LogP contribution in [0.3, 0.4) is 0 Å². The van der Waals surface area contributed by atoms with E-state index in [-0.39, 0.29) is 0 Å². The number of amides is 1. The van der Waals surface area contributed by atoms with Gasteiger partial charge in [-0.1, -0.05) is 42.5 Å². The lowest BCUT2D eigenvalue weighted by atomic mass is 10.0. The quantitative estimate of drug-likeness (QED) is 0.239. The molecule has 0 aliphatic heterocycles. The first-order chi connectivity index (χ1) is 17.2. The Hall–Kier alpha value is -4.51. The van der Waals surface area contributed by atoms with Gasteiger partial charge in [-0.05, 0) is 48.4 Å². The zero-order valence-corrected chi connectivity index (χ0v) is 19.6. The van der Waals surface area contributed by atoms with Crippen molar-refractivity contribution in [2.45, 2.75) is 12.8 Å². The minimum absolute atomic E-state index is 0.302. The molecule has 0 aromatic heterocycles. The van der Waals surface area contributed by atoms with Gasteiger partial charge in [0.2, 0.25) is 0 Å². The van der Waals surface area contributed by atoms with E-state index in [0.717, 1.165) is 0 Å². The highest BCUT2D eigenvalue weighted by Gasteiger charge is 2.19. The second kappa shape index (κ2) is 13.3. The summed E-state index contributed by atoms with van der Waals surface area (Å²) in [6.45, 7) is 2.95. The number of rotatable bonds is 12. The molecule has 0 bridgehead atoms. The molecule has 0 spiro atoms. The van der Waals surface area contributed by atoms with Crippen LogP contribution in [0.2, 0.25) is 0 Å². The largest absolute Gasteiger partial charge is 0.493 e. The van der Waals surface area contributed by atoms with Crippen LogP contribution in [0, 0.1) is 11.3 Å². The summed E-state index contributed by atoms with van der Waals surface area (Å²) in [6, 6.07) is 23.5. The van der Waals surface area contributed by atoms with E-state index in [1.54, 1.807) is 49.6 Å². The first-order valence-corrected chi connectivity index (χ1v) is 11.1. The van der Waals surface area contributed by atoms with E-state index < -0.39 is 11.8 Å². The maximum Gasteiger partial charge on any atom is 0.261 e. The molecule has 0 aliphatic carbocycles. The van der Waals surface area contributed by atoms with Crippen LogP contribution in [-0.2, 0) is 4.79 Å². The Balaban J connectivity index is 1.57. The highest BCUT2D eigenvalue weighted by atomic mass is 16.5. The van der Waals surface area contributed by atoms with Gasteiger partial charge in [0.15, 0.2) is 28.9 Å². The van der Waals surface area contributed by atoms with Gasteiger partial charge in [-0.15, -0.1) is 0 Å². The fourth-order valence-corrected chi connectivity index (χ4v) is 3.20. The van der Waals surface area contributed by atoms with Crippen LogP contribution in [0.15, 0.2) is 77.9 Å². The van der Waals surface area contributed by atoms with Crippen molar-refractivity contribution in [3.05, 3.63) is 83.9 Å². The standard InChI is InChI=1S/C27H27N3O5/c1-3-33-26-17-20(19-29-30-27(31)22(18-28)21-9-5-4-6-10-21)13-14-25(26)35-16-15-34-24-12-8-7-11-23(24)32-2/h4-14,17,19,22H,3,15-16H2,1-2H3,(H,30,31)/b29-19-/t22-/m1/s1. The highest BCUT2D eigenvalue weighted by Crippen LogP contribution is 2.29. The Kier molecular flexibility index (Phi) is 9.52. The topological polar surface area (TPSA) is 102 Å². The Morgan fingerprint density at radius 1 is 0.943 bits per heavy atom. The first-order valence-electron chi connectivity index (χ1n) is 11.1. The minimum atomic E-state index is -0.943. The van der Waals surface area contributed by atoms with Gasteiger partial charge in [0, 0.05) is 0 Å². The van der Waals surface area contributed by atoms with Crippen molar-refractivity contribution in [3.8, 4) is 29.1 Å². The number of para-hydroxylation sites is 2. The van der Waals surface area contributed by atoms with Gasteiger partial charge in [-0.3, -0.25) is 4.79 Å². The zero-order valence-electron chi connectivity index (χ0n) is 19.6. The van der Waals surface area contributed by atoms with Crippen LogP contribution in [-0.4, -0.2) is 39.1 Å². The van der Waals surface area contributed by atoms with Gasteiger partial charge in [0.1, 0.15) is 13.2 Å². The monoisotopic (exact) mass is 473 g/mol. The van der Waals surface area contributed by atoms with Crippen molar-refractivity contribution in [1.82, 2.24) is 5.43 Å². The van der Waals surface area contributed by atoms with E-state index in [4.69, 9.17) is 18.9 Å². The molecule has 3 aromatic carbocycles. The molecule has 1 amide bonds. The molecule has 0 radical (unpaired) electrons. The van der Waals surface area contributed by atoms with E-state index in [1.165, 1.54) is 6.21 Å². The zero-order chi connectivity index (χ0) is 24.9. The van der Waals surface area contributed by atoms with E-state index in [9.17, 15) is 10.1 Å². The van der Waals surface area contributed by atoms with Gasteiger partial charge < -0.3 is 18.9 Å². The fraction of sp³-hybridized carbons (Fsp3) is 0.222. The third kappa shape index (κ3) is 7.24. The Labute approximate surface area is 204 Å². The third-order valence-electron chi connectivity index (χ3n) is 4.85. The number of carbonyl (C=O) groups excluding carboxylic acids is 1. The van der Waals surface area contributed by atoms with Gasteiger partial charge in [-0.25, -0.2) is 5.43 Å². The van der Waals surface area contributed by atoms with Crippen molar-refractivity contribution in [3.63, 3.8) is 0 Å². The average Bonchev–Trinajstić information content (AvgIpc) is 2.89. The van der Waals surface area contributed by atoms with Gasteiger partial charge >= 0.3 is 0 Å². The molecule has 3 rings (SSSR count). The van der Waals surface area contributed by atoms with Crippen molar-refractivity contribution in [2.75, 3.05) is 26.9 Å². The molecule has 0 heterocycles. The smallest absolute Gasteiger partial charge is 0.261 e. The summed E-state index contributed by atoms with van der Waals surface area (Å²) in [5.41, 5.74) is 3.73. The average molecular weight is 474 g/mol. The normalized spacial score (nSPS) is 11.3. The van der Waals surface area contributed by atoms with Crippen LogP contribution in [0.5, 0.6) is 23.0 Å². The number of hydrazone groups is 1. The SMILES string of the molecule is CCOc1cc(/C=N\NC(=O)[C@H](C#N)c2ccccc2)ccc1OCCOc1ccccc1OC. The number of hydrogen-bond acceptors (Lipinski definition) is 7. The van der Waals surface area contributed by atoms with Crippen LogP contribution in [0.1, 0.15) is 24.0 Å². The van der Waals surface area contributed by atoms with Gasteiger partial charge in [0.05, 0.1) is 26.0 Å². The van der Waals surface area contributed by atoms with Crippen LogP contribution in [0.4, 0.5) is 0 Å². The van der Waals surface area contributed by atoms with Crippen molar-refractivity contribution >= 4 is 12.1 Å². The van der Waals surface area contributed by atoms with Crippen LogP contribution < -0.4 is 24.4 Å². The second-order valence-corrected chi connectivity index (χ2v) is 7.19. The summed E-state index contributed by atoms with van der Waals surface area (Å²) < 4.78 is 22.5. The molecule has 8 nitrogen and oxygen atoms in total. The molecule has 0 saturated heterocycles. The summed E-state index contributed by atoms with van der Waals surface area (Å²) in [6.07, 6.45) is 1.48. The van der Waals surface area contributed by atoms with Crippen molar-refractivity contribution in [2.24, 2.45) is 5.10 Å². The Morgan fingerprint density at radius 3 is 2.26 bits per heavy atom. The summed E-state index contributed by atoms with van der Waals surface area (Å²) in [5, 5.41) is 13.4. The number of benzene rings is 3. The fourth-order valence-electron chi connectivity index (χ4n) is 3.20. The molecule has 35 heavy (non-hydrogen) atoms. The molecule has 3 aromatic rings. The molecule has 0 saturated carbocycles. The maximum atomic E-state index is 12.4. The lowest BCUT2D eigenvalue weighted by Crippen LogP contribution is -2.24. The first kappa shape index (κ1) is 25.1. The highest BCUT2D eigenvalue weighted by molar-refractivity contribution is 5.88. The predicted molar refractivity (Wildman–Crippen MR) is 132 cm³/mol. The second-order valence-electron chi connectivity index (χ2n) is 7.19. The van der Waals surface area contributed by atoms with Crippen molar-refractivity contribution in [1.29, 1.82) is 5.26 Å². The molecular weight excluding hydrogens is 446 g/mol. The van der Waals surface area contributed by atoms with E-state index in [0.29, 0.717) is 53.9 Å². The predicted octanol–water partition coefficient (Wildman–Crippen LogP) is 4.31. The third-order valence-corrected chi connectivity index (χ3v) is 4.85. The summed E-state index contributed by atoms with van der Waals surface area (Å²) in [4.78, 5) is 12.4. The molecule has 180 valence electrons. The summed E-state index contributed by atoms with van der Waals surface area (Å²) in [7, 11) is 1.59. The van der Waals surface area contributed by atoms with Crippen LogP contribution >= 0.6 is 0 Å². The van der Waals surface area contributed by atoms with E-state index in [1.807, 2.05) is 43.3 Å². The molecular formula is C27H27N3O5. The van der Waals surface area contributed by atoms with Gasteiger partial charge in [0.25, 0.3) is 5.91 Å².